The molecule has 0 radical (unpaired) electrons. The molecule has 110 valence electrons. The van der Waals surface area contributed by atoms with Gasteiger partial charge in [-0.05, 0) is 29.8 Å². The average molecular weight is 286 g/mol. The first-order valence-corrected chi connectivity index (χ1v) is 7.11. The highest BCUT2D eigenvalue weighted by Gasteiger charge is 2.24. The van der Waals surface area contributed by atoms with Crippen LogP contribution in [0.25, 0.3) is 0 Å². The summed E-state index contributed by atoms with van der Waals surface area (Å²) < 4.78 is 19.1. The zero-order valence-corrected chi connectivity index (χ0v) is 12.1. The van der Waals surface area contributed by atoms with Crippen molar-refractivity contribution >= 4 is 5.69 Å². The van der Waals surface area contributed by atoms with Crippen molar-refractivity contribution in [2.45, 2.75) is 19.1 Å². The minimum atomic E-state index is -0.208. The number of anilines is 1. The molecule has 3 nitrogen and oxygen atoms in total. The second kappa shape index (κ2) is 5.74. The topological polar surface area (TPSA) is 38.5 Å². The van der Waals surface area contributed by atoms with Crippen molar-refractivity contribution in [1.82, 2.24) is 0 Å². The predicted octanol–water partition coefficient (Wildman–Crippen LogP) is 2.72. The fourth-order valence-corrected chi connectivity index (χ4v) is 2.85. The fraction of sp³-hybridized carbons (Fsp3) is 0.294. The molecule has 0 saturated heterocycles. The van der Waals surface area contributed by atoms with Gasteiger partial charge in [-0.2, -0.15) is 0 Å². The minimum absolute atomic E-state index is 0.0395. The standard InChI is InChI=1S/C17H19FN2O/c1-20(16-5-3-2-4-12(16)10-19)11-15-9-13-8-14(18)6-7-17(13)21-15/h2-8,15H,9-11,19H2,1H3. The van der Waals surface area contributed by atoms with Gasteiger partial charge in [-0.15, -0.1) is 0 Å². The summed E-state index contributed by atoms with van der Waals surface area (Å²) >= 11 is 0. The highest BCUT2D eigenvalue weighted by molar-refractivity contribution is 5.53. The molecule has 0 bridgehead atoms. The van der Waals surface area contributed by atoms with Crippen molar-refractivity contribution in [3.8, 4) is 5.75 Å². The van der Waals surface area contributed by atoms with Crippen LogP contribution in [0.2, 0.25) is 0 Å². The molecule has 0 amide bonds. The van der Waals surface area contributed by atoms with Gasteiger partial charge in [0.2, 0.25) is 0 Å². The summed E-state index contributed by atoms with van der Waals surface area (Å²) in [4.78, 5) is 2.15. The van der Waals surface area contributed by atoms with Crippen LogP contribution in [-0.4, -0.2) is 19.7 Å². The zero-order chi connectivity index (χ0) is 14.8. The van der Waals surface area contributed by atoms with E-state index in [9.17, 15) is 4.39 Å². The van der Waals surface area contributed by atoms with Crippen LogP contribution in [0.3, 0.4) is 0 Å². The minimum Gasteiger partial charge on any atom is -0.488 e. The Balaban J connectivity index is 1.71. The number of ether oxygens (including phenoxy) is 1. The van der Waals surface area contributed by atoms with Crippen molar-refractivity contribution in [3.63, 3.8) is 0 Å². The monoisotopic (exact) mass is 286 g/mol. The molecule has 1 heterocycles. The predicted molar refractivity (Wildman–Crippen MR) is 82.1 cm³/mol. The molecule has 1 unspecified atom stereocenters. The van der Waals surface area contributed by atoms with E-state index < -0.39 is 0 Å². The molecule has 0 spiro atoms. The summed E-state index contributed by atoms with van der Waals surface area (Å²) in [5.74, 6) is 0.585. The summed E-state index contributed by atoms with van der Waals surface area (Å²) in [6.45, 7) is 1.25. The lowest BCUT2D eigenvalue weighted by Crippen LogP contribution is -2.32. The van der Waals surface area contributed by atoms with E-state index in [1.54, 1.807) is 12.1 Å². The van der Waals surface area contributed by atoms with Crippen molar-refractivity contribution in [2.75, 3.05) is 18.5 Å². The van der Waals surface area contributed by atoms with E-state index in [2.05, 4.69) is 11.0 Å². The summed E-state index contributed by atoms with van der Waals surface area (Å²) in [6.07, 6.45) is 0.778. The van der Waals surface area contributed by atoms with E-state index in [1.807, 2.05) is 25.2 Å². The van der Waals surface area contributed by atoms with Gasteiger partial charge in [0.05, 0.1) is 6.54 Å². The second-order valence-electron chi connectivity index (χ2n) is 5.41. The molecular formula is C17H19FN2O. The average Bonchev–Trinajstić information content (AvgIpc) is 2.88. The Morgan fingerprint density at radius 3 is 2.90 bits per heavy atom. The van der Waals surface area contributed by atoms with Crippen LogP contribution in [-0.2, 0) is 13.0 Å². The van der Waals surface area contributed by atoms with Crippen molar-refractivity contribution in [2.24, 2.45) is 5.73 Å². The Hall–Kier alpha value is -2.07. The number of benzene rings is 2. The van der Waals surface area contributed by atoms with Crippen LogP contribution in [0, 0.1) is 5.82 Å². The van der Waals surface area contributed by atoms with E-state index in [4.69, 9.17) is 10.5 Å². The molecule has 1 atom stereocenters. The molecule has 0 saturated carbocycles. The van der Waals surface area contributed by atoms with Crippen molar-refractivity contribution < 1.29 is 9.13 Å². The zero-order valence-electron chi connectivity index (χ0n) is 12.1. The molecular weight excluding hydrogens is 267 g/mol. The lowest BCUT2D eigenvalue weighted by molar-refractivity contribution is 0.239. The van der Waals surface area contributed by atoms with E-state index >= 15 is 0 Å². The number of halogens is 1. The third kappa shape index (κ3) is 2.85. The molecule has 2 aromatic carbocycles. The Bertz CT molecular complexity index is 644. The molecule has 0 aliphatic carbocycles. The largest absolute Gasteiger partial charge is 0.488 e. The SMILES string of the molecule is CN(CC1Cc2cc(F)ccc2O1)c1ccccc1CN. The van der Waals surface area contributed by atoms with Crippen molar-refractivity contribution in [3.05, 3.63) is 59.4 Å². The highest BCUT2D eigenvalue weighted by Crippen LogP contribution is 2.30. The van der Waals surface area contributed by atoms with E-state index in [-0.39, 0.29) is 11.9 Å². The van der Waals surface area contributed by atoms with Crippen LogP contribution in [0.5, 0.6) is 5.75 Å². The van der Waals surface area contributed by atoms with Crippen LogP contribution in [0.15, 0.2) is 42.5 Å². The summed E-state index contributed by atoms with van der Waals surface area (Å²) in [5.41, 5.74) is 8.96. The summed E-state index contributed by atoms with van der Waals surface area (Å²) in [7, 11) is 2.03. The number of likely N-dealkylation sites (N-methyl/N-ethyl adjacent to an activating group) is 1. The third-order valence-electron chi connectivity index (χ3n) is 3.86. The van der Waals surface area contributed by atoms with Crippen LogP contribution >= 0.6 is 0 Å². The van der Waals surface area contributed by atoms with Gasteiger partial charge in [-0.25, -0.2) is 4.39 Å². The maximum absolute atomic E-state index is 13.2. The lowest BCUT2D eigenvalue weighted by Gasteiger charge is -2.25. The van der Waals surface area contributed by atoms with Gasteiger partial charge in [0.15, 0.2) is 0 Å². The van der Waals surface area contributed by atoms with Gasteiger partial charge < -0.3 is 15.4 Å². The molecule has 4 heteroatoms. The number of nitrogens with zero attached hydrogens (tertiary/aromatic N) is 1. The summed E-state index contributed by atoms with van der Waals surface area (Å²) in [6, 6.07) is 12.8. The summed E-state index contributed by atoms with van der Waals surface area (Å²) in [5, 5.41) is 0. The Labute approximate surface area is 124 Å². The van der Waals surface area contributed by atoms with Gasteiger partial charge >= 0.3 is 0 Å². The number of rotatable bonds is 4. The van der Waals surface area contributed by atoms with Gasteiger partial charge in [0.1, 0.15) is 17.7 Å². The molecule has 2 N–H and O–H groups in total. The first-order valence-electron chi connectivity index (χ1n) is 7.11. The number of hydrogen-bond donors (Lipinski definition) is 1. The number of fused-ring (bicyclic) bond motifs is 1. The smallest absolute Gasteiger partial charge is 0.123 e. The Kier molecular flexibility index (Phi) is 3.80. The second-order valence-corrected chi connectivity index (χ2v) is 5.41. The van der Waals surface area contributed by atoms with Crippen molar-refractivity contribution in [1.29, 1.82) is 0 Å². The van der Waals surface area contributed by atoms with E-state index in [0.717, 1.165) is 35.5 Å². The van der Waals surface area contributed by atoms with E-state index in [1.165, 1.54) is 6.07 Å². The van der Waals surface area contributed by atoms with Gasteiger partial charge in [-0.1, -0.05) is 18.2 Å². The first-order chi connectivity index (χ1) is 10.2. The Morgan fingerprint density at radius 2 is 2.10 bits per heavy atom. The van der Waals surface area contributed by atoms with Gasteiger partial charge in [0, 0.05) is 31.3 Å². The molecule has 2 aromatic rings. The third-order valence-corrected chi connectivity index (χ3v) is 3.86. The van der Waals surface area contributed by atoms with Crippen LogP contribution in [0.1, 0.15) is 11.1 Å². The number of para-hydroxylation sites is 1. The maximum atomic E-state index is 13.2. The Morgan fingerprint density at radius 1 is 1.29 bits per heavy atom. The van der Waals surface area contributed by atoms with Gasteiger partial charge in [-0.3, -0.25) is 0 Å². The van der Waals surface area contributed by atoms with Gasteiger partial charge in [0.25, 0.3) is 0 Å². The number of nitrogens with two attached hydrogens (primary N) is 1. The maximum Gasteiger partial charge on any atom is 0.123 e. The van der Waals surface area contributed by atoms with Crippen LogP contribution in [0.4, 0.5) is 10.1 Å². The normalized spacial score (nSPS) is 16.4. The lowest BCUT2D eigenvalue weighted by atomic mass is 10.1. The molecule has 1 aliphatic rings. The van der Waals surface area contributed by atoms with E-state index in [0.29, 0.717) is 6.54 Å². The molecule has 1 aliphatic heterocycles. The quantitative estimate of drug-likeness (QED) is 0.939. The molecule has 3 rings (SSSR count). The first kappa shape index (κ1) is 13.9. The number of hydrogen-bond acceptors (Lipinski definition) is 3. The fourth-order valence-electron chi connectivity index (χ4n) is 2.85. The molecule has 21 heavy (non-hydrogen) atoms. The molecule has 0 aromatic heterocycles. The van der Waals surface area contributed by atoms with Crippen LogP contribution < -0.4 is 15.4 Å². The highest BCUT2D eigenvalue weighted by atomic mass is 19.1. The molecule has 0 fully saturated rings.